The van der Waals surface area contributed by atoms with Gasteiger partial charge in [0.05, 0.1) is 9.40 Å². The third-order valence-corrected chi connectivity index (χ3v) is 4.07. The van der Waals surface area contributed by atoms with Crippen LogP contribution in [0.2, 0.25) is 0 Å². The summed E-state index contributed by atoms with van der Waals surface area (Å²) in [6.45, 7) is 4.73. The lowest BCUT2D eigenvalue weighted by molar-refractivity contribution is -0.385. The Labute approximate surface area is 132 Å². The van der Waals surface area contributed by atoms with Crippen LogP contribution in [0.4, 0.5) is 5.69 Å². The predicted molar refractivity (Wildman–Crippen MR) is 87.2 cm³/mol. The van der Waals surface area contributed by atoms with E-state index in [1.54, 1.807) is 12.1 Å². The Hall–Kier alpha value is -1.72. The molecule has 0 unspecified atom stereocenters. The molecular weight excluding hydrogens is 332 g/mol. The summed E-state index contributed by atoms with van der Waals surface area (Å²) in [6, 6.07) is 13.7. The van der Waals surface area contributed by atoms with Crippen LogP contribution in [-0.4, -0.2) is 4.92 Å². The molecule has 0 aromatic heterocycles. The van der Waals surface area contributed by atoms with Crippen molar-refractivity contribution in [3.63, 3.8) is 0 Å². The van der Waals surface area contributed by atoms with E-state index in [0.717, 1.165) is 5.56 Å². The molecule has 0 aliphatic carbocycles. The van der Waals surface area contributed by atoms with Gasteiger partial charge in [-0.05, 0) is 47.0 Å². The summed E-state index contributed by atoms with van der Waals surface area (Å²) in [6.07, 6.45) is 0. The molecule has 0 bridgehead atoms. The van der Waals surface area contributed by atoms with Crippen molar-refractivity contribution in [2.24, 2.45) is 0 Å². The summed E-state index contributed by atoms with van der Waals surface area (Å²) in [5.74, 6) is 0. The SMILES string of the molecule is Cc1ccc([C@H](C)NCc2ccc(Br)c([N+](=O)[O-])c2)cc1. The largest absolute Gasteiger partial charge is 0.306 e. The second-order valence-electron chi connectivity index (χ2n) is 5.06. The quantitative estimate of drug-likeness (QED) is 0.638. The lowest BCUT2D eigenvalue weighted by atomic mass is 10.1. The minimum atomic E-state index is -0.378. The molecule has 2 aromatic carbocycles. The van der Waals surface area contributed by atoms with Crippen LogP contribution in [0.15, 0.2) is 46.9 Å². The van der Waals surface area contributed by atoms with E-state index in [1.807, 2.05) is 6.07 Å². The smallest absolute Gasteiger partial charge is 0.283 e. The van der Waals surface area contributed by atoms with Gasteiger partial charge in [0.1, 0.15) is 0 Å². The van der Waals surface area contributed by atoms with Gasteiger partial charge in [-0.2, -0.15) is 0 Å². The molecule has 2 rings (SSSR count). The first-order chi connectivity index (χ1) is 9.97. The molecule has 0 saturated heterocycles. The summed E-state index contributed by atoms with van der Waals surface area (Å²) in [5.41, 5.74) is 3.42. The van der Waals surface area contributed by atoms with Crippen LogP contribution in [0.25, 0.3) is 0 Å². The molecule has 1 N–H and O–H groups in total. The molecule has 0 aliphatic heterocycles. The van der Waals surface area contributed by atoms with E-state index < -0.39 is 0 Å². The molecular formula is C16H17BrN2O2. The van der Waals surface area contributed by atoms with Gasteiger partial charge < -0.3 is 5.32 Å². The second kappa shape index (κ2) is 6.83. The first-order valence-electron chi connectivity index (χ1n) is 6.70. The van der Waals surface area contributed by atoms with Crippen molar-refractivity contribution in [3.8, 4) is 0 Å². The molecule has 0 heterocycles. The van der Waals surface area contributed by atoms with E-state index >= 15 is 0 Å². The van der Waals surface area contributed by atoms with E-state index in [4.69, 9.17) is 0 Å². The number of nitrogens with one attached hydrogen (secondary N) is 1. The van der Waals surface area contributed by atoms with Gasteiger partial charge in [0, 0.05) is 18.7 Å². The van der Waals surface area contributed by atoms with E-state index in [2.05, 4.69) is 59.4 Å². The fourth-order valence-electron chi connectivity index (χ4n) is 2.05. The maximum absolute atomic E-state index is 10.9. The van der Waals surface area contributed by atoms with E-state index in [9.17, 15) is 10.1 Å². The second-order valence-corrected chi connectivity index (χ2v) is 5.91. The number of hydrogen-bond acceptors (Lipinski definition) is 3. The van der Waals surface area contributed by atoms with Gasteiger partial charge in [-0.1, -0.05) is 35.9 Å². The molecule has 21 heavy (non-hydrogen) atoms. The Kier molecular flexibility index (Phi) is 5.09. The summed E-state index contributed by atoms with van der Waals surface area (Å²) >= 11 is 3.19. The van der Waals surface area contributed by atoms with Crippen molar-refractivity contribution in [2.75, 3.05) is 0 Å². The molecule has 4 nitrogen and oxygen atoms in total. The zero-order chi connectivity index (χ0) is 15.4. The molecule has 0 radical (unpaired) electrons. The van der Waals surface area contributed by atoms with Gasteiger partial charge >= 0.3 is 0 Å². The lowest BCUT2D eigenvalue weighted by Gasteiger charge is -2.14. The number of nitro benzene ring substituents is 1. The molecule has 0 spiro atoms. The average Bonchev–Trinajstić information content (AvgIpc) is 2.46. The summed E-state index contributed by atoms with van der Waals surface area (Å²) in [4.78, 5) is 10.5. The molecule has 1 atom stereocenters. The number of halogens is 1. The van der Waals surface area contributed by atoms with Crippen molar-refractivity contribution in [2.45, 2.75) is 26.4 Å². The predicted octanol–water partition coefficient (Wildman–Crippen LogP) is 4.52. The monoisotopic (exact) mass is 348 g/mol. The third kappa shape index (κ3) is 4.12. The van der Waals surface area contributed by atoms with E-state index in [0.29, 0.717) is 11.0 Å². The van der Waals surface area contributed by atoms with Crippen LogP contribution in [0.5, 0.6) is 0 Å². The van der Waals surface area contributed by atoms with Crippen molar-refractivity contribution in [1.82, 2.24) is 5.32 Å². The fraction of sp³-hybridized carbons (Fsp3) is 0.250. The fourth-order valence-corrected chi connectivity index (χ4v) is 2.44. The van der Waals surface area contributed by atoms with Crippen molar-refractivity contribution >= 4 is 21.6 Å². The number of hydrogen-bond donors (Lipinski definition) is 1. The number of benzene rings is 2. The number of nitrogens with zero attached hydrogens (tertiary/aromatic N) is 1. The molecule has 0 fully saturated rings. The Morgan fingerprint density at radius 1 is 1.24 bits per heavy atom. The zero-order valence-corrected chi connectivity index (χ0v) is 13.6. The Balaban J connectivity index is 2.04. The Bertz CT molecular complexity index is 641. The highest BCUT2D eigenvalue weighted by molar-refractivity contribution is 9.10. The first kappa shape index (κ1) is 15.7. The van der Waals surface area contributed by atoms with Crippen molar-refractivity contribution in [3.05, 3.63) is 73.7 Å². The van der Waals surface area contributed by atoms with Crippen LogP contribution in [0, 0.1) is 17.0 Å². The van der Waals surface area contributed by atoms with Gasteiger partial charge in [-0.25, -0.2) is 0 Å². The normalized spacial score (nSPS) is 12.1. The minimum absolute atomic E-state index is 0.0947. The lowest BCUT2D eigenvalue weighted by Crippen LogP contribution is -2.18. The van der Waals surface area contributed by atoms with Gasteiger partial charge in [0.15, 0.2) is 0 Å². The third-order valence-electron chi connectivity index (χ3n) is 3.40. The van der Waals surface area contributed by atoms with Gasteiger partial charge in [0.25, 0.3) is 5.69 Å². The van der Waals surface area contributed by atoms with Crippen LogP contribution in [-0.2, 0) is 6.54 Å². The number of rotatable bonds is 5. The highest BCUT2D eigenvalue weighted by Crippen LogP contribution is 2.25. The molecule has 0 amide bonds. The minimum Gasteiger partial charge on any atom is -0.306 e. The zero-order valence-electron chi connectivity index (χ0n) is 12.0. The summed E-state index contributed by atoms with van der Waals surface area (Å²) in [5, 5.41) is 14.3. The van der Waals surface area contributed by atoms with Gasteiger partial charge in [0.2, 0.25) is 0 Å². The Morgan fingerprint density at radius 2 is 1.90 bits per heavy atom. The topological polar surface area (TPSA) is 55.2 Å². The number of aryl methyl sites for hydroxylation is 1. The maximum Gasteiger partial charge on any atom is 0.283 e. The van der Waals surface area contributed by atoms with Crippen molar-refractivity contribution in [1.29, 1.82) is 0 Å². The molecule has 110 valence electrons. The standard InChI is InChI=1S/C16H17BrN2O2/c1-11-3-6-14(7-4-11)12(2)18-10-13-5-8-15(17)16(9-13)19(20)21/h3-9,12,18H,10H2,1-2H3/t12-/m0/s1. The molecule has 5 heteroatoms. The molecule has 0 aliphatic rings. The van der Waals surface area contributed by atoms with Crippen LogP contribution in [0.3, 0.4) is 0 Å². The van der Waals surface area contributed by atoms with E-state index in [-0.39, 0.29) is 16.7 Å². The van der Waals surface area contributed by atoms with E-state index in [1.165, 1.54) is 11.1 Å². The van der Waals surface area contributed by atoms with Crippen LogP contribution >= 0.6 is 15.9 Å². The summed E-state index contributed by atoms with van der Waals surface area (Å²) < 4.78 is 0.503. The first-order valence-corrected chi connectivity index (χ1v) is 7.49. The Morgan fingerprint density at radius 3 is 2.52 bits per heavy atom. The highest BCUT2D eigenvalue weighted by atomic mass is 79.9. The molecule has 2 aromatic rings. The van der Waals surface area contributed by atoms with Gasteiger partial charge in [-0.15, -0.1) is 0 Å². The number of nitro groups is 1. The van der Waals surface area contributed by atoms with Crippen LogP contribution < -0.4 is 5.32 Å². The highest BCUT2D eigenvalue weighted by Gasteiger charge is 2.12. The average molecular weight is 349 g/mol. The van der Waals surface area contributed by atoms with Crippen molar-refractivity contribution < 1.29 is 4.92 Å². The van der Waals surface area contributed by atoms with Gasteiger partial charge in [-0.3, -0.25) is 10.1 Å². The van der Waals surface area contributed by atoms with Crippen LogP contribution in [0.1, 0.15) is 29.7 Å². The summed E-state index contributed by atoms with van der Waals surface area (Å²) in [7, 11) is 0. The molecule has 0 saturated carbocycles. The maximum atomic E-state index is 10.9.